The molecule has 0 heterocycles. The fourth-order valence-corrected chi connectivity index (χ4v) is 1.64. The largest absolute Gasteiger partial charge is 0.465 e. The minimum absolute atomic E-state index is 0.280. The molecular weight excluding hydrogens is 256 g/mol. The summed E-state index contributed by atoms with van der Waals surface area (Å²) < 4.78 is 4.70. The predicted octanol–water partition coefficient (Wildman–Crippen LogP) is 2.09. The van der Waals surface area contributed by atoms with Crippen LogP contribution in [0.15, 0.2) is 18.2 Å². The first kappa shape index (κ1) is 16.2. The molecule has 0 unspecified atom stereocenters. The maximum Gasteiger partial charge on any atom is 0.338 e. The standard InChI is InChI=1S/C15H22N2O3/c1-9-6-7-10(8-11(9)14(19)20-5)17-13(18)12(16)15(2,3)4/h6-8,12H,16H2,1-5H3,(H,17,18)/t12-/m1/s1. The third kappa shape index (κ3) is 3.81. The first-order valence-corrected chi connectivity index (χ1v) is 6.42. The number of benzene rings is 1. The number of methoxy groups -OCH3 is 1. The lowest BCUT2D eigenvalue weighted by atomic mass is 9.87. The molecule has 5 heteroatoms. The van der Waals surface area contributed by atoms with Gasteiger partial charge in [0.2, 0.25) is 5.91 Å². The zero-order valence-electron chi connectivity index (χ0n) is 12.6. The molecule has 20 heavy (non-hydrogen) atoms. The van der Waals surface area contributed by atoms with Crippen LogP contribution < -0.4 is 11.1 Å². The van der Waals surface area contributed by atoms with Crippen LogP contribution in [0.5, 0.6) is 0 Å². The first-order chi connectivity index (χ1) is 9.16. The average molecular weight is 278 g/mol. The van der Waals surface area contributed by atoms with Gasteiger partial charge < -0.3 is 15.8 Å². The van der Waals surface area contributed by atoms with Gasteiger partial charge >= 0.3 is 5.97 Å². The summed E-state index contributed by atoms with van der Waals surface area (Å²) in [5.74, 6) is -0.712. The Labute approximate surface area is 119 Å². The van der Waals surface area contributed by atoms with E-state index in [0.717, 1.165) is 5.56 Å². The molecule has 0 aliphatic carbocycles. The van der Waals surface area contributed by atoms with Crippen LogP contribution in [-0.4, -0.2) is 25.0 Å². The zero-order chi connectivity index (χ0) is 15.5. The highest BCUT2D eigenvalue weighted by Crippen LogP contribution is 2.20. The maximum atomic E-state index is 12.0. The van der Waals surface area contributed by atoms with Gasteiger partial charge in [-0.15, -0.1) is 0 Å². The highest BCUT2D eigenvalue weighted by Gasteiger charge is 2.27. The highest BCUT2D eigenvalue weighted by atomic mass is 16.5. The smallest absolute Gasteiger partial charge is 0.338 e. The van der Waals surface area contributed by atoms with Crippen molar-refractivity contribution in [2.75, 3.05) is 12.4 Å². The van der Waals surface area contributed by atoms with Gasteiger partial charge in [0.05, 0.1) is 18.7 Å². The lowest BCUT2D eigenvalue weighted by Gasteiger charge is -2.25. The lowest BCUT2D eigenvalue weighted by molar-refractivity contribution is -0.119. The Morgan fingerprint density at radius 3 is 2.40 bits per heavy atom. The zero-order valence-corrected chi connectivity index (χ0v) is 12.6. The van der Waals surface area contributed by atoms with Gasteiger partial charge in [0, 0.05) is 5.69 Å². The number of carbonyl (C=O) groups is 2. The van der Waals surface area contributed by atoms with E-state index in [0.29, 0.717) is 11.3 Å². The second kappa shape index (κ2) is 6.05. The van der Waals surface area contributed by atoms with E-state index in [4.69, 9.17) is 10.5 Å². The summed E-state index contributed by atoms with van der Waals surface area (Å²) >= 11 is 0. The monoisotopic (exact) mass is 278 g/mol. The van der Waals surface area contributed by atoms with Crippen LogP contribution in [0.25, 0.3) is 0 Å². The van der Waals surface area contributed by atoms with Crippen LogP contribution in [-0.2, 0) is 9.53 Å². The molecule has 0 fully saturated rings. The normalized spacial score (nSPS) is 12.7. The number of hydrogen-bond acceptors (Lipinski definition) is 4. The van der Waals surface area contributed by atoms with Crippen molar-refractivity contribution in [3.05, 3.63) is 29.3 Å². The molecule has 0 saturated carbocycles. The maximum absolute atomic E-state index is 12.0. The van der Waals surface area contributed by atoms with Gasteiger partial charge in [-0.1, -0.05) is 26.8 Å². The fourth-order valence-electron chi connectivity index (χ4n) is 1.64. The summed E-state index contributed by atoms with van der Waals surface area (Å²) in [7, 11) is 1.32. The van der Waals surface area contributed by atoms with Gasteiger partial charge in [-0.2, -0.15) is 0 Å². The van der Waals surface area contributed by atoms with E-state index in [9.17, 15) is 9.59 Å². The molecule has 3 N–H and O–H groups in total. The SMILES string of the molecule is COC(=O)c1cc(NC(=O)[C@@H](N)C(C)(C)C)ccc1C. The summed E-state index contributed by atoms with van der Waals surface area (Å²) in [6, 6.07) is 4.44. The van der Waals surface area contributed by atoms with Crippen molar-refractivity contribution in [2.24, 2.45) is 11.1 Å². The van der Waals surface area contributed by atoms with Crippen molar-refractivity contribution in [2.45, 2.75) is 33.7 Å². The van der Waals surface area contributed by atoms with Gasteiger partial charge in [0.15, 0.2) is 0 Å². The number of hydrogen-bond donors (Lipinski definition) is 2. The lowest BCUT2D eigenvalue weighted by Crippen LogP contribution is -2.45. The minimum atomic E-state index is -0.634. The fraction of sp³-hybridized carbons (Fsp3) is 0.467. The molecule has 1 rings (SSSR count). The molecule has 1 aromatic rings. The van der Waals surface area contributed by atoms with E-state index in [-0.39, 0.29) is 11.3 Å². The highest BCUT2D eigenvalue weighted by molar-refractivity contribution is 5.97. The van der Waals surface area contributed by atoms with Crippen molar-refractivity contribution in [1.29, 1.82) is 0 Å². The van der Waals surface area contributed by atoms with Gasteiger partial charge in [0.1, 0.15) is 0 Å². The first-order valence-electron chi connectivity index (χ1n) is 6.42. The van der Waals surface area contributed by atoms with Crippen molar-refractivity contribution in [3.63, 3.8) is 0 Å². The molecule has 0 saturated heterocycles. The predicted molar refractivity (Wildman–Crippen MR) is 78.6 cm³/mol. The molecule has 0 bridgehead atoms. The molecule has 0 spiro atoms. The summed E-state index contributed by atoms with van der Waals surface area (Å²) in [5.41, 5.74) is 7.30. The Morgan fingerprint density at radius 2 is 1.90 bits per heavy atom. The molecule has 0 radical (unpaired) electrons. The van der Waals surface area contributed by atoms with E-state index >= 15 is 0 Å². The van der Waals surface area contributed by atoms with Crippen LogP contribution in [0.1, 0.15) is 36.7 Å². The summed E-state index contributed by atoms with van der Waals surface area (Å²) in [4.78, 5) is 23.6. The minimum Gasteiger partial charge on any atom is -0.465 e. The Morgan fingerprint density at radius 1 is 1.30 bits per heavy atom. The number of nitrogens with two attached hydrogens (primary N) is 1. The Kier molecular flexibility index (Phi) is 4.89. The molecule has 5 nitrogen and oxygen atoms in total. The van der Waals surface area contributed by atoms with Gasteiger partial charge in [0.25, 0.3) is 0 Å². The molecule has 0 aliphatic rings. The molecule has 0 aliphatic heterocycles. The van der Waals surface area contributed by atoms with Crippen LogP contribution in [0.2, 0.25) is 0 Å². The third-order valence-electron chi connectivity index (χ3n) is 3.13. The summed E-state index contributed by atoms with van der Waals surface area (Å²) in [5, 5.41) is 2.72. The second-order valence-corrected chi connectivity index (χ2v) is 5.85. The summed E-state index contributed by atoms with van der Waals surface area (Å²) in [6.45, 7) is 7.49. The average Bonchev–Trinajstić information content (AvgIpc) is 2.38. The Bertz CT molecular complexity index is 518. The number of carbonyl (C=O) groups excluding carboxylic acids is 2. The van der Waals surface area contributed by atoms with Crippen molar-refractivity contribution >= 4 is 17.6 Å². The van der Waals surface area contributed by atoms with Crippen molar-refractivity contribution in [3.8, 4) is 0 Å². The van der Waals surface area contributed by atoms with E-state index in [1.165, 1.54) is 7.11 Å². The summed E-state index contributed by atoms with van der Waals surface area (Å²) in [6.07, 6.45) is 0. The number of amides is 1. The topological polar surface area (TPSA) is 81.4 Å². The number of anilines is 1. The molecule has 1 atom stereocenters. The van der Waals surface area contributed by atoms with E-state index in [2.05, 4.69) is 5.32 Å². The van der Waals surface area contributed by atoms with Crippen molar-refractivity contribution in [1.82, 2.24) is 0 Å². The quantitative estimate of drug-likeness (QED) is 0.830. The number of esters is 1. The van der Waals surface area contributed by atoms with E-state index in [1.54, 1.807) is 25.1 Å². The molecule has 1 aromatic carbocycles. The Balaban J connectivity index is 2.94. The van der Waals surface area contributed by atoms with Crippen LogP contribution in [0, 0.1) is 12.3 Å². The van der Waals surface area contributed by atoms with Gasteiger partial charge in [-0.25, -0.2) is 4.79 Å². The molecule has 1 amide bonds. The number of ether oxygens (including phenoxy) is 1. The second-order valence-electron chi connectivity index (χ2n) is 5.85. The molecular formula is C15H22N2O3. The number of aryl methyl sites for hydroxylation is 1. The number of rotatable bonds is 3. The van der Waals surface area contributed by atoms with Crippen LogP contribution in [0.4, 0.5) is 5.69 Å². The van der Waals surface area contributed by atoms with E-state index in [1.807, 2.05) is 20.8 Å². The van der Waals surface area contributed by atoms with Gasteiger partial charge in [-0.05, 0) is 30.0 Å². The number of nitrogens with one attached hydrogen (secondary N) is 1. The van der Waals surface area contributed by atoms with Crippen LogP contribution in [0.3, 0.4) is 0 Å². The third-order valence-corrected chi connectivity index (χ3v) is 3.13. The Hall–Kier alpha value is -1.88. The van der Waals surface area contributed by atoms with Crippen LogP contribution >= 0.6 is 0 Å². The molecule has 110 valence electrons. The molecule has 0 aromatic heterocycles. The van der Waals surface area contributed by atoms with Crippen molar-refractivity contribution < 1.29 is 14.3 Å². The van der Waals surface area contributed by atoms with E-state index < -0.39 is 12.0 Å². The van der Waals surface area contributed by atoms with Gasteiger partial charge in [-0.3, -0.25) is 4.79 Å².